The fourth-order valence-corrected chi connectivity index (χ4v) is 4.02. The quantitative estimate of drug-likeness (QED) is 0.878. The van der Waals surface area contributed by atoms with Crippen LogP contribution >= 0.6 is 11.6 Å². The predicted molar refractivity (Wildman–Crippen MR) is 72.3 cm³/mol. The molecule has 2 saturated carbocycles. The van der Waals surface area contributed by atoms with Crippen molar-refractivity contribution in [2.45, 2.75) is 25.7 Å². The number of benzene rings is 1. The molecule has 0 bridgehead atoms. The minimum absolute atomic E-state index is 0.246. The van der Waals surface area contributed by atoms with Crippen LogP contribution in [0.15, 0.2) is 18.2 Å². The van der Waals surface area contributed by atoms with Crippen molar-refractivity contribution in [2.75, 3.05) is 13.6 Å². The van der Waals surface area contributed by atoms with Crippen LogP contribution in [0.1, 0.15) is 24.8 Å². The molecule has 1 N–H and O–H groups in total. The molecule has 2 fully saturated rings. The molecule has 0 saturated heterocycles. The first-order valence-corrected chi connectivity index (χ1v) is 7.08. The molecule has 2 unspecified atom stereocenters. The number of halogens is 2. The van der Waals surface area contributed by atoms with Crippen LogP contribution in [0.2, 0.25) is 5.02 Å². The summed E-state index contributed by atoms with van der Waals surface area (Å²) in [4.78, 5) is 0. The third-order valence-corrected chi connectivity index (χ3v) is 4.86. The first-order valence-electron chi connectivity index (χ1n) is 6.70. The van der Waals surface area contributed by atoms with E-state index < -0.39 is 0 Å². The molecule has 2 atom stereocenters. The van der Waals surface area contributed by atoms with Crippen molar-refractivity contribution in [3.05, 3.63) is 34.6 Å². The largest absolute Gasteiger partial charge is 0.319 e. The van der Waals surface area contributed by atoms with Crippen LogP contribution in [0.5, 0.6) is 0 Å². The Morgan fingerprint density at radius 3 is 2.72 bits per heavy atom. The topological polar surface area (TPSA) is 12.0 Å². The van der Waals surface area contributed by atoms with Crippen molar-refractivity contribution in [3.8, 4) is 0 Å². The molecule has 0 amide bonds. The fourth-order valence-electron chi connectivity index (χ4n) is 3.81. The minimum Gasteiger partial charge on any atom is -0.319 e. The number of rotatable bonds is 4. The van der Waals surface area contributed by atoms with Crippen LogP contribution in [0.4, 0.5) is 4.39 Å². The highest BCUT2D eigenvalue weighted by Gasteiger charge is 2.53. The SMILES string of the molecule is CNCC1(Cc2ccc(F)c(Cl)c2)CC2CC2C1. The van der Waals surface area contributed by atoms with Crippen LogP contribution < -0.4 is 5.32 Å². The number of hydrogen-bond acceptors (Lipinski definition) is 1. The fraction of sp³-hybridized carbons (Fsp3) is 0.600. The second kappa shape index (κ2) is 4.50. The Kier molecular flexibility index (Phi) is 3.11. The summed E-state index contributed by atoms with van der Waals surface area (Å²) in [6.45, 7) is 1.05. The zero-order valence-corrected chi connectivity index (χ0v) is 11.4. The first kappa shape index (κ1) is 12.4. The highest BCUT2D eigenvalue weighted by Crippen LogP contribution is 2.60. The van der Waals surface area contributed by atoms with Gasteiger partial charge >= 0.3 is 0 Å². The van der Waals surface area contributed by atoms with Crippen molar-refractivity contribution >= 4 is 11.6 Å². The van der Waals surface area contributed by atoms with Crippen LogP contribution in [0, 0.1) is 23.1 Å². The summed E-state index contributed by atoms with van der Waals surface area (Å²) < 4.78 is 13.2. The summed E-state index contributed by atoms with van der Waals surface area (Å²) in [6, 6.07) is 5.15. The molecule has 3 rings (SSSR count). The molecule has 18 heavy (non-hydrogen) atoms. The smallest absolute Gasteiger partial charge is 0.141 e. The molecule has 1 nitrogen and oxygen atoms in total. The van der Waals surface area contributed by atoms with Gasteiger partial charge in [-0.05, 0) is 67.7 Å². The molecule has 98 valence electrons. The van der Waals surface area contributed by atoms with Gasteiger partial charge in [-0.1, -0.05) is 17.7 Å². The Morgan fingerprint density at radius 2 is 2.11 bits per heavy atom. The molecule has 0 aliphatic heterocycles. The Bertz CT molecular complexity index is 450. The Balaban J connectivity index is 1.78. The van der Waals surface area contributed by atoms with Crippen molar-refractivity contribution in [2.24, 2.45) is 17.3 Å². The van der Waals surface area contributed by atoms with E-state index in [4.69, 9.17) is 11.6 Å². The van der Waals surface area contributed by atoms with Gasteiger partial charge in [-0.25, -0.2) is 4.39 Å². The summed E-state index contributed by atoms with van der Waals surface area (Å²) in [5.41, 5.74) is 1.53. The molecule has 2 aliphatic rings. The van der Waals surface area contributed by atoms with Crippen molar-refractivity contribution in [3.63, 3.8) is 0 Å². The van der Waals surface area contributed by atoms with Gasteiger partial charge in [0.05, 0.1) is 5.02 Å². The van der Waals surface area contributed by atoms with Gasteiger partial charge in [0, 0.05) is 6.54 Å². The summed E-state index contributed by atoms with van der Waals surface area (Å²) in [6.07, 6.45) is 5.07. The van der Waals surface area contributed by atoms with E-state index in [1.54, 1.807) is 6.07 Å². The molecular formula is C15H19ClFN. The third-order valence-electron chi connectivity index (χ3n) is 4.57. The average Bonchev–Trinajstić information content (AvgIpc) is 2.93. The van der Waals surface area contributed by atoms with E-state index in [1.165, 1.54) is 25.3 Å². The maximum atomic E-state index is 13.2. The summed E-state index contributed by atoms with van der Waals surface area (Å²) in [7, 11) is 2.02. The first-order chi connectivity index (χ1) is 8.62. The Morgan fingerprint density at radius 1 is 1.39 bits per heavy atom. The lowest BCUT2D eigenvalue weighted by atomic mass is 9.77. The lowest BCUT2D eigenvalue weighted by Crippen LogP contribution is -2.33. The van der Waals surface area contributed by atoms with Gasteiger partial charge in [-0.3, -0.25) is 0 Å². The highest BCUT2D eigenvalue weighted by molar-refractivity contribution is 6.30. The molecule has 2 aliphatic carbocycles. The third kappa shape index (κ3) is 2.28. The summed E-state index contributed by atoms with van der Waals surface area (Å²) >= 11 is 5.87. The second-order valence-electron chi connectivity index (χ2n) is 6.12. The van der Waals surface area contributed by atoms with Crippen molar-refractivity contribution in [1.82, 2.24) is 5.32 Å². The predicted octanol–water partition coefficient (Wildman–Crippen LogP) is 3.66. The monoisotopic (exact) mass is 267 g/mol. The van der Waals surface area contributed by atoms with Gasteiger partial charge < -0.3 is 5.32 Å². The van der Waals surface area contributed by atoms with Gasteiger partial charge in [0.25, 0.3) is 0 Å². The van der Waals surface area contributed by atoms with E-state index >= 15 is 0 Å². The Labute approximate surface area is 113 Å². The van der Waals surface area contributed by atoms with E-state index in [-0.39, 0.29) is 10.8 Å². The zero-order valence-electron chi connectivity index (χ0n) is 10.7. The Hall–Kier alpha value is -0.600. The molecule has 1 aromatic rings. The molecular weight excluding hydrogens is 249 g/mol. The molecule has 0 heterocycles. The van der Waals surface area contributed by atoms with E-state index in [0.29, 0.717) is 5.41 Å². The van der Waals surface area contributed by atoms with Gasteiger partial charge in [0.15, 0.2) is 0 Å². The van der Waals surface area contributed by atoms with Crippen LogP contribution in [-0.4, -0.2) is 13.6 Å². The number of hydrogen-bond donors (Lipinski definition) is 1. The standard InChI is InChI=1S/C15H19ClFN/c1-18-9-15(7-11-5-12(11)8-15)6-10-2-3-14(17)13(16)4-10/h2-4,11-12,18H,5-9H2,1H3. The molecule has 0 radical (unpaired) electrons. The summed E-state index contributed by atoms with van der Waals surface area (Å²) in [5.74, 6) is 1.58. The normalized spacial score (nSPS) is 33.5. The zero-order chi connectivity index (χ0) is 12.8. The molecule has 0 aromatic heterocycles. The van der Waals surface area contributed by atoms with Crippen LogP contribution in [0.25, 0.3) is 0 Å². The van der Waals surface area contributed by atoms with Crippen LogP contribution in [-0.2, 0) is 6.42 Å². The molecule has 0 spiro atoms. The molecule has 3 heteroatoms. The van der Waals surface area contributed by atoms with Crippen molar-refractivity contribution < 1.29 is 4.39 Å². The number of fused-ring (bicyclic) bond motifs is 1. The lowest BCUT2D eigenvalue weighted by molar-refractivity contribution is 0.255. The molecule has 1 aromatic carbocycles. The minimum atomic E-state index is -0.322. The van der Waals surface area contributed by atoms with E-state index in [2.05, 4.69) is 5.32 Å². The van der Waals surface area contributed by atoms with E-state index in [1.807, 2.05) is 13.1 Å². The van der Waals surface area contributed by atoms with E-state index in [0.717, 1.165) is 30.4 Å². The van der Waals surface area contributed by atoms with Gasteiger partial charge in [-0.15, -0.1) is 0 Å². The highest BCUT2D eigenvalue weighted by atomic mass is 35.5. The maximum absolute atomic E-state index is 13.2. The number of nitrogens with one attached hydrogen (secondary N) is 1. The van der Waals surface area contributed by atoms with Crippen molar-refractivity contribution in [1.29, 1.82) is 0 Å². The average molecular weight is 268 g/mol. The van der Waals surface area contributed by atoms with E-state index in [9.17, 15) is 4.39 Å². The van der Waals surface area contributed by atoms with Gasteiger partial charge in [-0.2, -0.15) is 0 Å². The lowest BCUT2D eigenvalue weighted by Gasteiger charge is -2.31. The van der Waals surface area contributed by atoms with Crippen LogP contribution in [0.3, 0.4) is 0 Å². The van der Waals surface area contributed by atoms with Gasteiger partial charge in [0.1, 0.15) is 5.82 Å². The maximum Gasteiger partial charge on any atom is 0.141 e. The second-order valence-corrected chi connectivity index (χ2v) is 6.53. The summed E-state index contributed by atoms with van der Waals surface area (Å²) in [5, 5.41) is 3.58. The van der Waals surface area contributed by atoms with Gasteiger partial charge in [0.2, 0.25) is 0 Å².